The van der Waals surface area contributed by atoms with Crippen LogP contribution in [0.1, 0.15) is 12.8 Å². The lowest BCUT2D eigenvalue weighted by Gasteiger charge is -2.33. The summed E-state index contributed by atoms with van der Waals surface area (Å²) in [4.78, 5) is 5.32. The maximum atomic E-state index is 12.4. The number of aliphatic imine (C=N–C) groups is 1. The molecule has 7 heteroatoms. The number of hydrogen-bond donors (Lipinski definition) is 0. The Bertz CT molecular complexity index is 300. The summed E-state index contributed by atoms with van der Waals surface area (Å²) in [5.41, 5.74) is 0. The fraction of sp³-hybridized carbons (Fsp3) is 0.778. The van der Waals surface area contributed by atoms with Gasteiger partial charge in [0.2, 0.25) is 6.19 Å². The first-order valence-electron chi connectivity index (χ1n) is 4.81. The molecule has 3 nitrogen and oxygen atoms in total. The van der Waals surface area contributed by atoms with Crippen molar-refractivity contribution in [1.82, 2.24) is 4.90 Å². The number of thioether (sulfide) groups is 1. The van der Waals surface area contributed by atoms with Crippen molar-refractivity contribution in [2.24, 2.45) is 10.9 Å². The van der Waals surface area contributed by atoms with Gasteiger partial charge in [-0.1, -0.05) is 11.8 Å². The zero-order chi connectivity index (χ0) is 12.2. The second-order valence-corrected chi connectivity index (χ2v) is 4.27. The standard InChI is InChI=1S/C9H12F3N3S/c1-16-8(14-6-13)15-4-2-7(3-5-15)9(10,11)12/h7H,2-5H2,1H3. The summed E-state index contributed by atoms with van der Waals surface area (Å²) in [7, 11) is 0. The molecule has 0 bridgehead atoms. The molecule has 90 valence electrons. The Labute approximate surface area is 96.3 Å². The first-order valence-corrected chi connectivity index (χ1v) is 6.04. The van der Waals surface area contributed by atoms with Crippen molar-refractivity contribution in [2.45, 2.75) is 19.0 Å². The van der Waals surface area contributed by atoms with Crippen LogP contribution in [0.2, 0.25) is 0 Å². The number of nitrogens with zero attached hydrogens (tertiary/aromatic N) is 3. The number of hydrogen-bond acceptors (Lipinski definition) is 3. The lowest BCUT2D eigenvalue weighted by Crippen LogP contribution is -2.41. The molecule has 0 N–H and O–H groups in total. The van der Waals surface area contributed by atoms with E-state index in [0.717, 1.165) is 0 Å². The number of rotatable bonds is 0. The highest BCUT2D eigenvalue weighted by molar-refractivity contribution is 8.13. The van der Waals surface area contributed by atoms with Gasteiger partial charge in [-0.3, -0.25) is 0 Å². The first-order chi connectivity index (χ1) is 7.49. The Morgan fingerprint density at radius 3 is 2.38 bits per heavy atom. The van der Waals surface area contributed by atoms with Crippen LogP contribution in [0.5, 0.6) is 0 Å². The van der Waals surface area contributed by atoms with Gasteiger partial charge >= 0.3 is 6.18 Å². The average Bonchev–Trinajstić information content (AvgIpc) is 2.25. The maximum Gasteiger partial charge on any atom is 0.391 e. The number of amidine groups is 1. The highest BCUT2D eigenvalue weighted by Crippen LogP contribution is 2.34. The third kappa shape index (κ3) is 3.30. The Hall–Kier alpha value is -0.900. The van der Waals surface area contributed by atoms with Gasteiger partial charge in [-0.25, -0.2) is 0 Å². The van der Waals surface area contributed by atoms with Crippen molar-refractivity contribution in [3.63, 3.8) is 0 Å². The molecule has 0 aromatic heterocycles. The van der Waals surface area contributed by atoms with Crippen LogP contribution >= 0.6 is 11.8 Å². The fourth-order valence-corrected chi connectivity index (χ4v) is 2.26. The molecule has 1 rings (SSSR count). The van der Waals surface area contributed by atoms with Crippen molar-refractivity contribution in [3.05, 3.63) is 0 Å². The molecular formula is C9H12F3N3S. The van der Waals surface area contributed by atoms with Gasteiger partial charge in [0, 0.05) is 13.1 Å². The van der Waals surface area contributed by atoms with Crippen molar-refractivity contribution >= 4 is 16.9 Å². The van der Waals surface area contributed by atoms with Gasteiger partial charge in [-0.15, -0.1) is 4.99 Å². The predicted molar refractivity (Wildman–Crippen MR) is 56.9 cm³/mol. The minimum atomic E-state index is -4.10. The molecule has 0 aromatic carbocycles. The summed E-state index contributed by atoms with van der Waals surface area (Å²) in [5, 5.41) is 8.93. The molecule has 0 saturated carbocycles. The quantitative estimate of drug-likeness (QED) is 0.377. The third-order valence-electron chi connectivity index (χ3n) is 2.56. The van der Waals surface area contributed by atoms with E-state index in [0.29, 0.717) is 18.3 Å². The van der Waals surface area contributed by atoms with E-state index in [-0.39, 0.29) is 12.8 Å². The predicted octanol–water partition coefficient (Wildman–Crippen LogP) is 2.46. The van der Waals surface area contributed by atoms with Crippen molar-refractivity contribution < 1.29 is 13.2 Å². The molecule has 0 aromatic rings. The van der Waals surface area contributed by atoms with Crippen molar-refractivity contribution in [1.29, 1.82) is 5.26 Å². The Balaban J connectivity index is 2.56. The lowest BCUT2D eigenvalue weighted by atomic mass is 9.97. The summed E-state index contributed by atoms with van der Waals surface area (Å²) in [6, 6.07) is 0. The van der Waals surface area contributed by atoms with Gasteiger partial charge in [0.25, 0.3) is 0 Å². The van der Waals surface area contributed by atoms with E-state index >= 15 is 0 Å². The highest BCUT2D eigenvalue weighted by Gasteiger charge is 2.41. The van der Waals surface area contributed by atoms with Gasteiger partial charge in [-0.05, 0) is 19.1 Å². The Kier molecular flexibility index (Phi) is 4.47. The van der Waals surface area contributed by atoms with Crippen molar-refractivity contribution in [2.75, 3.05) is 19.3 Å². The second-order valence-electron chi connectivity index (χ2n) is 3.50. The summed E-state index contributed by atoms with van der Waals surface area (Å²) >= 11 is 1.28. The lowest BCUT2D eigenvalue weighted by molar-refractivity contribution is -0.183. The molecule has 0 aliphatic carbocycles. The highest BCUT2D eigenvalue weighted by atomic mass is 32.2. The van der Waals surface area contributed by atoms with Crippen LogP contribution in [-0.2, 0) is 0 Å². The minimum absolute atomic E-state index is 0.0779. The monoisotopic (exact) mass is 251 g/mol. The molecule has 1 heterocycles. The number of piperidine rings is 1. The van der Waals surface area contributed by atoms with Crippen molar-refractivity contribution in [3.8, 4) is 6.19 Å². The minimum Gasteiger partial charge on any atom is -0.351 e. The van der Waals surface area contributed by atoms with E-state index in [4.69, 9.17) is 5.26 Å². The summed E-state index contributed by atoms with van der Waals surface area (Å²) in [6.07, 6.45) is -0.527. The molecule has 0 spiro atoms. The van der Waals surface area contributed by atoms with Crippen LogP contribution in [0, 0.1) is 17.4 Å². The molecule has 0 atom stereocenters. The molecule has 1 saturated heterocycles. The normalized spacial score (nSPS) is 19.7. The van der Waals surface area contributed by atoms with E-state index < -0.39 is 12.1 Å². The van der Waals surface area contributed by atoms with E-state index in [2.05, 4.69) is 4.99 Å². The summed E-state index contributed by atoms with van der Waals surface area (Å²) < 4.78 is 37.2. The molecule has 0 amide bonds. The Morgan fingerprint density at radius 2 is 2.00 bits per heavy atom. The van der Waals surface area contributed by atoms with Gasteiger partial charge in [0.1, 0.15) is 0 Å². The van der Waals surface area contributed by atoms with E-state index in [9.17, 15) is 13.2 Å². The summed E-state index contributed by atoms with van der Waals surface area (Å²) in [5.74, 6) is -1.21. The molecule has 0 unspecified atom stereocenters. The molecule has 0 radical (unpaired) electrons. The van der Waals surface area contributed by atoms with Crippen LogP contribution in [0.15, 0.2) is 4.99 Å². The fourth-order valence-electron chi connectivity index (χ4n) is 1.69. The largest absolute Gasteiger partial charge is 0.391 e. The number of nitriles is 1. The van der Waals surface area contributed by atoms with Gasteiger partial charge in [0.15, 0.2) is 5.17 Å². The smallest absolute Gasteiger partial charge is 0.351 e. The molecule has 1 aliphatic rings. The molecule has 16 heavy (non-hydrogen) atoms. The zero-order valence-electron chi connectivity index (χ0n) is 8.79. The number of likely N-dealkylation sites (tertiary alicyclic amines) is 1. The van der Waals surface area contributed by atoms with Gasteiger partial charge in [0.05, 0.1) is 5.92 Å². The van der Waals surface area contributed by atoms with Gasteiger partial charge in [-0.2, -0.15) is 18.4 Å². The maximum absolute atomic E-state index is 12.4. The second kappa shape index (κ2) is 5.43. The van der Waals surface area contributed by atoms with E-state index in [1.54, 1.807) is 17.3 Å². The number of halogens is 3. The number of alkyl halides is 3. The van der Waals surface area contributed by atoms with Crippen LogP contribution in [0.25, 0.3) is 0 Å². The van der Waals surface area contributed by atoms with E-state index in [1.165, 1.54) is 11.8 Å². The van der Waals surface area contributed by atoms with Crippen LogP contribution in [-0.4, -0.2) is 35.6 Å². The molecule has 1 aliphatic heterocycles. The molecule has 1 fully saturated rings. The Morgan fingerprint density at radius 1 is 1.44 bits per heavy atom. The topological polar surface area (TPSA) is 39.4 Å². The summed E-state index contributed by atoms with van der Waals surface area (Å²) in [6.45, 7) is 0.622. The average molecular weight is 251 g/mol. The third-order valence-corrected chi connectivity index (χ3v) is 3.27. The van der Waals surface area contributed by atoms with E-state index in [1.807, 2.05) is 0 Å². The SMILES string of the molecule is CSC(=NC#N)N1CCC(C(F)(F)F)CC1. The zero-order valence-corrected chi connectivity index (χ0v) is 9.61. The van der Waals surface area contributed by atoms with Gasteiger partial charge < -0.3 is 4.90 Å². The molecular weight excluding hydrogens is 239 g/mol. The van der Waals surface area contributed by atoms with Crippen LogP contribution in [0.3, 0.4) is 0 Å². The first kappa shape index (κ1) is 13.2. The van der Waals surface area contributed by atoms with Crippen LogP contribution < -0.4 is 0 Å². The van der Waals surface area contributed by atoms with Crippen LogP contribution in [0.4, 0.5) is 13.2 Å².